The number of fused-ring (bicyclic) bond motifs is 1. The molecule has 0 aliphatic rings. The van der Waals surface area contributed by atoms with Gasteiger partial charge in [-0.15, -0.1) is 0 Å². The summed E-state index contributed by atoms with van der Waals surface area (Å²) in [6.45, 7) is 1.84. The van der Waals surface area contributed by atoms with Gasteiger partial charge in [-0.1, -0.05) is 12.1 Å². The summed E-state index contributed by atoms with van der Waals surface area (Å²) in [4.78, 5) is 16.7. The van der Waals surface area contributed by atoms with E-state index in [-0.39, 0.29) is 17.1 Å². The number of pyridine rings is 1. The lowest BCUT2D eigenvalue weighted by molar-refractivity contribution is 0.0944. The van der Waals surface area contributed by atoms with Crippen molar-refractivity contribution >= 4 is 21.6 Å². The molecular weight excluding hydrogens is 347 g/mol. The van der Waals surface area contributed by atoms with Crippen molar-refractivity contribution in [1.29, 1.82) is 0 Å². The van der Waals surface area contributed by atoms with E-state index in [2.05, 4.69) is 10.3 Å². The van der Waals surface area contributed by atoms with Crippen molar-refractivity contribution in [3.05, 3.63) is 65.4 Å². The van der Waals surface area contributed by atoms with Crippen LogP contribution in [0.25, 0.3) is 5.65 Å². The molecule has 0 radical (unpaired) electrons. The van der Waals surface area contributed by atoms with Gasteiger partial charge >= 0.3 is 0 Å². The third kappa shape index (κ3) is 3.52. The molecule has 0 aliphatic heterocycles. The van der Waals surface area contributed by atoms with Gasteiger partial charge < -0.3 is 5.32 Å². The van der Waals surface area contributed by atoms with Gasteiger partial charge in [-0.2, -0.15) is 0 Å². The van der Waals surface area contributed by atoms with E-state index in [0.717, 1.165) is 0 Å². The minimum atomic E-state index is -3.75. The Labute approximate surface area is 143 Å². The molecule has 0 fully saturated rings. The van der Waals surface area contributed by atoms with E-state index < -0.39 is 21.7 Å². The number of primary sulfonamides is 1. The zero-order chi connectivity index (χ0) is 18.2. The molecule has 0 aliphatic carbocycles. The summed E-state index contributed by atoms with van der Waals surface area (Å²) in [5, 5.41) is 7.75. The summed E-state index contributed by atoms with van der Waals surface area (Å²) < 4.78 is 37.3. The minimum absolute atomic E-state index is 0.00400. The monoisotopic (exact) mass is 362 g/mol. The van der Waals surface area contributed by atoms with E-state index in [1.165, 1.54) is 34.9 Å². The number of nitrogens with zero attached hydrogens (tertiary/aromatic N) is 2. The summed E-state index contributed by atoms with van der Waals surface area (Å²) in [5.74, 6) is -0.886. The van der Waals surface area contributed by atoms with Crippen molar-refractivity contribution in [2.24, 2.45) is 5.14 Å². The zero-order valence-corrected chi connectivity index (χ0v) is 14.0. The van der Waals surface area contributed by atoms with Crippen LogP contribution in [-0.4, -0.2) is 23.7 Å². The molecule has 0 unspecified atom stereocenters. The minimum Gasteiger partial charge on any atom is -0.347 e. The second-order valence-electron chi connectivity index (χ2n) is 5.49. The zero-order valence-electron chi connectivity index (χ0n) is 13.2. The van der Waals surface area contributed by atoms with Gasteiger partial charge in [0.05, 0.1) is 10.6 Å². The fourth-order valence-electron chi connectivity index (χ4n) is 2.47. The molecule has 1 amide bonds. The summed E-state index contributed by atoms with van der Waals surface area (Å²) in [6.07, 6.45) is 1.20. The predicted octanol–water partition coefficient (Wildman–Crippen LogP) is 1.36. The first kappa shape index (κ1) is 17.1. The second kappa shape index (κ2) is 6.26. The Balaban J connectivity index is 1.79. The van der Waals surface area contributed by atoms with E-state index in [1.54, 1.807) is 19.1 Å². The molecule has 7 nitrogen and oxygen atoms in total. The number of carbonyl (C=O) groups is 1. The van der Waals surface area contributed by atoms with Gasteiger partial charge in [-0.3, -0.25) is 9.20 Å². The molecule has 1 aromatic carbocycles. The van der Waals surface area contributed by atoms with E-state index in [1.807, 2.05) is 0 Å². The van der Waals surface area contributed by atoms with Gasteiger partial charge in [-0.25, -0.2) is 22.9 Å². The number of sulfonamides is 1. The lowest BCUT2D eigenvalue weighted by atomic mass is 10.2. The first-order valence-electron chi connectivity index (χ1n) is 7.30. The largest absolute Gasteiger partial charge is 0.347 e. The molecule has 0 spiro atoms. The first-order chi connectivity index (χ1) is 11.8. The molecule has 0 bridgehead atoms. The number of hydrogen-bond acceptors (Lipinski definition) is 4. The van der Waals surface area contributed by atoms with Crippen LogP contribution in [0.1, 0.15) is 21.7 Å². The number of hydrogen-bond donors (Lipinski definition) is 2. The maximum Gasteiger partial charge on any atom is 0.270 e. The lowest BCUT2D eigenvalue weighted by Crippen LogP contribution is -2.25. The van der Waals surface area contributed by atoms with Crippen molar-refractivity contribution in [3.63, 3.8) is 0 Å². The van der Waals surface area contributed by atoms with Crippen LogP contribution in [0.4, 0.5) is 4.39 Å². The van der Waals surface area contributed by atoms with Gasteiger partial charge in [0, 0.05) is 12.7 Å². The van der Waals surface area contributed by atoms with Crippen molar-refractivity contribution in [1.82, 2.24) is 14.7 Å². The Kier molecular flexibility index (Phi) is 4.27. The fraction of sp³-hybridized carbons (Fsp3) is 0.125. The van der Waals surface area contributed by atoms with Crippen LogP contribution in [0.5, 0.6) is 0 Å². The topological polar surface area (TPSA) is 107 Å². The second-order valence-corrected chi connectivity index (χ2v) is 7.05. The van der Waals surface area contributed by atoms with E-state index >= 15 is 0 Å². The lowest BCUT2D eigenvalue weighted by Gasteiger charge is -2.07. The Morgan fingerprint density at radius 3 is 2.56 bits per heavy atom. The maximum absolute atomic E-state index is 13.4. The van der Waals surface area contributed by atoms with Crippen LogP contribution >= 0.6 is 0 Å². The molecule has 3 N–H and O–H groups in total. The predicted molar refractivity (Wildman–Crippen MR) is 88.9 cm³/mol. The van der Waals surface area contributed by atoms with Crippen molar-refractivity contribution in [2.75, 3.05) is 0 Å². The third-order valence-electron chi connectivity index (χ3n) is 3.68. The van der Waals surface area contributed by atoms with Crippen LogP contribution in [0.2, 0.25) is 0 Å². The number of rotatable bonds is 4. The van der Waals surface area contributed by atoms with E-state index in [4.69, 9.17) is 5.14 Å². The number of imidazole rings is 1. The maximum atomic E-state index is 13.4. The highest BCUT2D eigenvalue weighted by Gasteiger charge is 2.17. The van der Waals surface area contributed by atoms with Gasteiger partial charge in [0.1, 0.15) is 17.2 Å². The van der Waals surface area contributed by atoms with Crippen molar-refractivity contribution in [3.8, 4) is 0 Å². The SMILES string of the molecule is Cc1nc2ccc(F)cn2c1C(=O)NCc1ccc(S(N)(=O)=O)cc1. The van der Waals surface area contributed by atoms with Crippen LogP contribution in [-0.2, 0) is 16.6 Å². The van der Waals surface area contributed by atoms with E-state index in [9.17, 15) is 17.6 Å². The molecular formula is C16H15FN4O3S. The van der Waals surface area contributed by atoms with Crippen molar-refractivity contribution < 1.29 is 17.6 Å². The molecule has 2 aromatic heterocycles. The molecule has 130 valence electrons. The van der Waals surface area contributed by atoms with Gasteiger partial charge in [0.2, 0.25) is 10.0 Å². The molecule has 9 heteroatoms. The molecule has 0 saturated carbocycles. The summed E-state index contributed by atoms with van der Waals surface area (Å²) >= 11 is 0. The molecule has 3 rings (SSSR count). The molecule has 0 atom stereocenters. The average Bonchev–Trinajstić information content (AvgIpc) is 2.87. The average molecular weight is 362 g/mol. The highest BCUT2D eigenvalue weighted by Crippen LogP contribution is 2.14. The number of aromatic nitrogens is 2. The molecule has 0 saturated heterocycles. The van der Waals surface area contributed by atoms with E-state index in [0.29, 0.717) is 16.9 Å². The van der Waals surface area contributed by atoms with Crippen LogP contribution in [0.15, 0.2) is 47.5 Å². The highest BCUT2D eigenvalue weighted by atomic mass is 32.2. The quantitative estimate of drug-likeness (QED) is 0.731. The third-order valence-corrected chi connectivity index (χ3v) is 4.61. The molecule has 3 aromatic rings. The molecule has 2 heterocycles. The number of benzene rings is 1. The van der Waals surface area contributed by atoms with Crippen LogP contribution in [0, 0.1) is 12.7 Å². The van der Waals surface area contributed by atoms with Gasteiger partial charge in [0.25, 0.3) is 5.91 Å². The standard InChI is InChI=1S/C16H15FN4O3S/c1-10-15(21-9-12(17)4-7-14(21)20-10)16(22)19-8-11-2-5-13(6-3-11)25(18,23)24/h2-7,9H,8H2,1H3,(H,19,22)(H2,18,23,24). The summed E-state index contributed by atoms with van der Waals surface area (Å²) in [5.41, 5.74) is 1.89. The summed E-state index contributed by atoms with van der Waals surface area (Å²) in [7, 11) is -3.75. The Hall–Kier alpha value is -2.78. The number of halogens is 1. The number of amides is 1. The fourth-order valence-corrected chi connectivity index (χ4v) is 2.99. The Morgan fingerprint density at radius 2 is 1.92 bits per heavy atom. The number of aryl methyl sites for hydroxylation is 1. The van der Waals surface area contributed by atoms with Gasteiger partial charge in [-0.05, 0) is 36.8 Å². The summed E-state index contributed by atoms with van der Waals surface area (Å²) in [6, 6.07) is 8.61. The van der Waals surface area contributed by atoms with Gasteiger partial charge in [0.15, 0.2) is 0 Å². The number of nitrogens with two attached hydrogens (primary N) is 1. The van der Waals surface area contributed by atoms with Crippen molar-refractivity contribution in [2.45, 2.75) is 18.4 Å². The molecule has 25 heavy (non-hydrogen) atoms. The first-order valence-corrected chi connectivity index (χ1v) is 8.84. The van der Waals surface area contributed by atoms with Crippen LogP contribution < -0.4 is 10.5 Å². The highest BCUT2D eigenvalue weighted by molar-refractivity contribution is 7.89. The van der Waals surface area contributed by atoms with Crippen LogP contribution in [0.3, 0.4) is 0 Å². The normalized spacial score (nSPS) is 11.6. The Bertz CT molecular complexity index is 1060. The Morgan fingerprint density at radius 1 is 1.24 bits per heavy atom. The number of nitrogens with one attached hydrogen (secondary N) is 1. The smallest absolute Gasteiger partial charge is 0.270 e. The number of carbonyl (C=O) groups excluding carboxylic acids is 1.